The number of carbonyl (C=O) groups excluding carboxylic acids is 2. The largest absolute Gasteiger partial charge is 0.489 e. The Labute approximate surface area is 225 Å². The summed E-state index contributed by atoms with van der Waals surface area (Å²) in [5.41, 5.74) is 2.97. The number of nitrogens with zero attached hydrogens (tertiary/aromatic N) is 4. The van der Waals surface area contributed by atoms with E-state index in [1.54, 1.807) is 33.9 Å². The average Bonchev–Trinajstić information content (AvgIpc) is 3.70. The third kappa shape index (κ3) is 6.37. The number of benzene rings is 1. The van der Waals surface area contributed by atoms with E-state index in [1.165, 1.54) is 0 Å². The first-order chi connectivity index (χ1) is 19.1. The van der Waals surface area contributed by atoms with E-state index in [-0.39, 0.29) is 11.9 Å². The van der Waals surface area contributed by atoms with Crippen molar-refractivity contribution in [1.82, 2.24) is 19.8 Å². The minimum absolute atomic E-state index is 0.0296. The van der Waals surface area contributed by atoms with Crippen LogP contribution < -0.4 is 19.7 Å². The van der Waals surface area contributed by atoms with E-state index in [0.29, 0.717) is 63.5 Å². The number of rotatable bonds is 4. The minimum Gasteiger partial charge on any atom is -0.489 e. The number of fused-ring (bicyclic) bond motifs is 2. The lowest BCUT2D eigenvalue weighted by Crippen LogP contribution is -2.45. The van der Waals surface area contributed by atoms with Gasteiger partial charge in [0.2, 0.25) is 0 Å². The summed E-state index contributed by atoms with van der Waals surface area (Å²) in [6.07, 6.45) is 6.55. The normalized spacial score (nSPS) is 15.1. The van der Waals surface area contributed by atoms with Crippen LogP contribution in [0.1, 0.15) is 35.2 Å². The van der Waals surface area contributed by atoms with Crippen LogP contribution in [-0.2, 0) is 0 Å². The molecule has 12 heteroatoms. The van der Waals surface area contributed by atoms with E-state index in [9.17, 15) is 22.8 Å². The summed E-state index contributed by atoms with van der Waals surface area (Å²) in [6, 6.07) is 7.46. The second kappa shape index (κ2) is 13.7. The van der Waals surface area contributed by atoms with E-state index in [1.807, 2.05) is 24.0 Å². The van der Waals surface area contributed by atoms with E-state index < -0.39 is 0 Å². The summed E-state index contributed by atoms with van der Waals surface area (Å²) in [7, 11) is 1.50. The third-order valence-corrected chi connectivity index (χ3v) is 6.44. The van der Waals surface area contributed by atoms with Gasteiger partial charge in [0.25, 0.3) is 5.91 Å². The number of likely N-dealkylation sites (tertiary alicyclic amines) is 1. The molecule has 1 aliphatic carbocycles. The zero-order valence-electron chi connectivity index (χ0n) is 22.5. The van der Waals surface area contributed by atoms with Gasteiger partial charge in [-0.2, -0.15) is 5.10 Å². The number of halogens is 3. The molecule has 6 rings (SSSR count). The summed E-state index contributed by atoms with van der Waals surface area (Å²) < 4.78 is 42.2. The number of ether oxygens (including phenoxy) is 2. The van der Waals surface area contributed by atoms with Crippen molar-refractivity contribution in [3.63, 3.8) is 0 Å². The van der Waals surface area contributed by atoms with Crippen molar-refractivity contribution in [3.8, 4) is 17.2 Å². The van der Waals surface area contributed by atoms with E-state index in [2.05, 4.69) is 10.4 Å². The van der Waals surface area contributed by atoms with Crippen molar-refractivity contribution in [2.75, 3.05) is 52.7 Å². The van der Waals surface area contributed by atoms with Crippen LogP contribution >= 0.6 is 0 Å². The highest BCUT2D eigenvalue weighted by Gasteiger charge is 2.30. The van der Waals surface area contributed by atoms with Crippen molar-refractivity contribution in [2.24, 2.45) is 0 Å². The highest BCUT2D eigenvalue weighted by Crippen LogP contribution is 2.38. The molecule has 0 spiro atoms. The number of aromatic nitrogens is 2. The topological polar surface area (TPSA) is 88.4 Å². The molecule has 0 bridgehead atoms. The molecular weight excluding hydrogens is 515 g/mol. The maximum atomic E-state index is 12.8. The van der Waals surface area contributed by atoms with Crippen LogP contribution in [0.25, 0.3) is 5.52 Å². The summed E-state index contributed by atoms with van der Waals surface area (Å²) in [6.45, 7) is 4.45. The molecule has 2 aliphatic heterocycles. The zero-order valence-corrected chi connectivity index (χ0v) is 22.5. The summed E-state index contributed by atoms with van der Waals surface area (Å²) in [5, 5.41) is 7.40. The van der Waals surface area contributed by atoms with Crippen molar-refractivity contribution >= 4 is 23.1 Å². The van der Waals surface area contributed by atoms with Gasteiger partial charge in [-0.25, -0.2) is 9.31 Å². The van der Waals surface area contributed by atoms with Crippen molar-refractivity contribution in [1.29, 1.82) is 0 Å². The molecule has 2 aromatic heterocycles. The molecule has 3 aromatic rings. The van der Waals surface area contributed by atoms with Crippen LogP contribution in [0.2, 0.25) is 0 Å². The zero-order chi connectivity index (χ0) is 28.5. The van der Waals surface area contributed by atoms with Crippen LogP contribution in [0, 0.1) is 6.92 Å². The molecule has 9 nitrogen and oxygen atoms in total. The number of alkyl halides is 3. The molecule has 0 unspecified atom stereocenters. The van der Waals surface area contributed by atoms with Gasteiger partial charge in [-0.15, -0.1) is 0 Å². The Balaban J connectivity index is 0.000000657. The lowest BCUT2D eigenvalue weighted by molar-refractivity contribution is 0.0651. The molecule has 0 radical (unpaired) electrons. The Morgan fingerprint density at radius 1 is 1.05 bits per heavy atom. The van der Waals surface area contributed by atoms with Gasteiger partial charge < -0.3 is 19.7 Å². The molecular formula is C27H34F3N5O4. The predicted molar refractivity (Wildman–Crippen MR) is 142 cm³/mol. The highest BCUT2D eigenvalue weighted by atomic mass is 19.1. The molecule has 0 atom stereocenters. The van der Waals surface area contributed by atoms with E-state index in [4.69, 9.17) is 9.47 Å². The maximum Gasteiger partial charge on any atom is 0.322 e. The Morgan fingerprint density at radius 3 is 2.41 bits per heavy atom. The molecule has 1 saturated heterocycles. The number of hydrogen-bond donors (Lipinski definition) is 1. The van der Waals surface area contributed by atoms with Gasteiger partial charge in [0.15, 0.2) is 5.75 Å². The van der Waals surface area contributed by atoms with Crippen LogP contribution in [0.15, 0.2) is 36.7 Å². The molecule has 3 amide bonds. The molecule has 4 heterocycles. The fourth-order valence-electron chi connectivity index (χ4n) is 4.29. The first kappa shape index (κ1) is 29.6. The van der Waals surface area contributed by atoms with Gasteiger partial charge >= 0.3 is 6.03 Å². The fraction of sp³-hybridized carbons (Fsp3) is 0.444. The number of aryl methyl sites for hydroxylation is 1. The maximum absolute atomic E-state index is 12.8. The second-order valence-corrected chi connectivity index (χ2v) is 8.76. The summed E-state index contributed by atoms with van der Waals surface area (Å²) in [4.78, 5) is 28.9. The van der Waals surface area contributed by atoms with E-state index in [0.717, 1.165) is 49.1 Å². The van der Waals surface area contributed by atoms with Crippen molar-refractivity contribution < 1.29 is 32.2 Å². The standard InChI is InChI=1S/C24H25N5O4.3CH3F/c1-15-18(23(30)27-9-2-10-27)14-29-22(15)20(7-8-25-29)33-17-5-6-19-21(13-17)32-12-11-28(19)24(31)26-16-3-4-16;3*1-2/h5-8,13-14,16H,2-4,9-12H2,1H3,(H,26,31);3*1H3. The fourth-order valence-corrected chi connectivity index (χ4v) is 4.29. The first-order valence-electron chi connectivity index (χ1n) is 12.5. The molecule has 2 fully saturated rings. The number of hydrogen-bond acceptors (Lipinski definition) is 5. The monoisotopic (exact) mass is 549 g/mol. The number of anilines is 1. The van der Waals surface area contributed by atoms with Crippen LogP contribution in [0.3, 0.4) is 0 Å². The molecule has 3 aliphatic rings. The first-order valence-corrected chi connectivity index (χ1v) is 12.5. The third-order valence-electron chi connectivity index (χ3n) is 6.44. The van der Waals surface area contributed by atoms with Gasteiger partial charge in [-0.1, -0.05) is 0 Å². The Kier molecular flexibility index (Phi) is 10.4. The van der Waals surface area contributed by atoms with Crippen molar-refractivity contribution in [2.45, 2.75) is 32.2 Å². The number of urea groups is 1. The molecule has 39 heavy (non-hydrogen) atoms. The van der Waals surface area contributed by atoms with Crippen molar-refractivity contribution in [3.05, 3.63) is 47.8 Å². The minimum atomic E-state index is -0.0882. The summed E-state index contributed by atoms with van der Waals surface area (Å²) >= 11 is 0. The highest BCUT2D eigenvalue weighted by molar-refractivity contribution is 5.99. The van der Waals surface area contributed by atoms with Gasteiger partial charge in [0.05, 0.1) is 45.5 Å². The van der Waals surface area contributed by atoms with Gasteiger partial charge in [0.1, 0.15) is 23.6 Å². The molecule has 212 valence electrons. The van der Waals surface area contributed by atoms with Crippen LogP contribution in [0.5, 0.6) is 17.2 Å². The smallest absolute Gasteiger partial charge is 0.322 e. The lowest BCUT2D eigenvalue weighted by Gasteiger charge is -2.30. The SMILES string of the molecule is CF.CF.CF.Cc1c(C(=O)N2CCC2)cn2nccc(Oc3ccc4c(c3)OCCN4C(=O)NC3CC3)c12. The summed E-state index contributed by atoms with van der Waals surface area (Å²) in [5.74, 6) is 1.82. The second-order valence-electron chi connectivity index (χ2n) is 8.76. The Bertz CT molecular complexity index is 1280. The quantitative estimate of drug-likeness (QED) is 0.489. The van der Waals surface area contributed by atoms with E-state index >= 15 is 0 Å². The Hall–Kier alpha value is -3.96. The van der Waals surface area contributed by atoms with Gasteiger partial charge in [0, 0.05) is 37.5 Å². The van der Waals surface area contributed by atoms with Crippen LogP contribution in [0.4, 0.5) is 23.7 Å². The van der Waals surface area contributed by atoms with Crippen LogP contribution in [-0.4, -0.2) is 80.3 Å². The lowest BCUT2D eigenvalue weighted by atomic mass is 10.1. The average molecular weight is 550 g/mol. The number of carbonyl (C=O) groups is 2. The van der Waals surface area contributed by atoms with Gasteiger partial charge in [-0.3, -0.25) is 22.9 Å². The molecule has 1 N–H and O–H groups in total. The number of amides is 3. The molecule has 1 saturated carbocycles. The number of nitrogens with one attached hydrogen (secondary N) is 1. The Morgan fingerprint density at radius 2 is 1.77 bits per heavy atom. The molecule has 1 aromatic carbocycles. The predicted octanol–water partition coefficient (Wildman–Crippen LogP) is 5.11. The van der Waals surface area contributed by atoms with Gasteiger partial charge in [-0.05, 0) is 43.9 Å².